The largest absolute Gasteiger partial charge is 0.481 e. The molecule has 6 N–H and O–H groups in total. The number of aliphatic carboxylic acids is 2. The van der Waals surface area contributed by atoms with Crippen LogP contribution in [0, 0.1) is 6.92 Å². The molecule has 2 aromatic carbocycles. The maximum Gasteiger partial charge on any atom is 0.340 e. The van der Waals surface area contributed by atoms with E-state index < -0.39 is 23.6 Å². The third-order valence-corrected chi connectivity index (χ3v) is 6.28. The van der Waals surface area contributed by atoms with Gasteiger partial charge < -0.3 is 36.2 Å². The Morgan fingerprint density at radius 2 is 1.43 bits per heavy atom. The zero-order valence-corrected chi connectivity index (χ0v) is 25.0. The molecule has 1 atom stereocenters. The Morgan fingerprint density at radius 1 is 0.886 bits per heavy atom. The number of anilines is 3. The summed E-state index contributed by atoms with van der Waals surface area (Å²) in [4.78, 5) is 59.8. The van der Waals surface area contributed by atoms with Gasteiger partial charge >= 0.3 is 18.0 Å². The molecule has 44 heavy (non-hydrogen) atoms. The minimum Gasteiger partial charge on any atom is -0.481 e. The molecule has 13 nitrogen and oxygen atoms in total. The summed E-state index contributed by atoms with van der Waals surface area (Å²) in [6, 6.07) is 13.1. The van der Waals surface area contributed by atoms with E-state index in [9.17, 15) is 28.4 Å². The number of hydrogen-bond acceptors (Lipinski definition) is 7. The lowest BCUT2D eigenvalue weighted by Crippen LogP contribution is -2.48. The molecule has 0 saturated carbocycles. The average molecular weight is 618 g/mol. The van der Waals surface area contributed by atoms with Crippen LogP contribution in [0.3, 0.4) is 0 Å². The molecule has 3 rings (SSSR count). The molecule has 0 aliphatic carbocycles. The molecule has 1 fully saturated rings. The molecule has 0 unspecified atom stereocenters. The molecule has 1 aliphatic heterocycles. The van der Waals surface area contributed by atoms with E-state index in [2.05, 4.69) is 26.2 Å². The summed E-state index contributed by atoms with van der Waals surface area (Å²) in [7, 11) is 0. The number of alkyl halides is 1. The SMILES string of the molecule is CC(C)(F)C(=O)O.Cc1ccccc1NC(=O)Nc1ccc(NC(=O)CCC(=O)N[C@@H](CC(=O)O)CN2CCOCC2)cc1. The summed E-state index contributed by atoms with van der Waals surface area (Å²) in [5.74, 6) is -3.15. The van der Waals surface area contributed by atoms with Gasteiger partial charge in [-0.05, 0) is 56.7 Å². The number of hydrogen-bond donors (Lipinski definition) is 6. The van der Waals surface area contributed by atoms with Crippen LogP contribution < -0.4 is 21.3 Å². The van der Waals surface area contributed by atoms with Crippen LogP contribution in [0.2, 0.25) is 0 Å². The van der Waals surface area contributed by atoms with Gasteiger partial charge in [-0.2, -0.15) is 0 Å². The van der Waals surface area contributed by atoms with Crippen LogP contribution in [0.4, 0.5) is 26.2 Å². The van der Waals surface area contributed by atoms with E-state index in [1.807, 2.05) is 31.2 Å². The molecular formula is C30H40FN5O8. The topological polar surface area (TPSA) is 186 Å². The van der Waals surface area contributed by atoms with E-state index in [1.165, 1.54) is 0 Å². The van der Waals surface area contributed by atoms with Gasteiger partial charge in [0, 0.05) is 49.5 Å². The van der Waals surface area contributed by atoms with Crippen molar-refractivity contribution < 1.29 is 43.3 Å². The number of rotatable bonds is 12. The fraction of sp³-hybridized carbons (Fsp3) is 0.433. The van der Waals surface area contributed by atoms with Crippen molar-refractivity contribution in [2.24, 2.45) is 0 Å². The number of amides is 4. The monoisotopic (exact) mass is 617 g/mol. The maximum absolute atomic E-state index is 12.4. The Hall–Kier alpha value is -4.56. The molecule has 14 heteroatoms. The number of carbonyl (C=O) groups is 5. The van der Waals surface area contributed by atoms with Crippen molar-refractivity contribution in [3.05, 3.63) is 54.1 Å². The highest BCUT2D eigenvalue weighted by atomic mass is 19.1. The first-order chi connectivity index (χ1) is 20.7. The average Bonchev–Trinajstić information content (AvgIpc) is 2.94. The first kappa shape index (κ1) is 35.6. The predicted octanol–water partition coefficient (Wildman–Crippen LogP) is 3.47. The number of morpholine rings is 1. The number of urea groups is 1. The van der Waals surface area contributed by atoms with Crippen molar-refractivity contribution in [1.29, 1.82) is 0 Å². The van der Waals surface area contributed by atoms with Gasteiger partial charge in [-0.25, -0.2) is 14.0 Å². The number of carboxylic acid groups (broad SMARTS) is 2. The van der Waals surface area contributed by atoms with Crippen LogP contribution >= 0.6 is 0 Å². The van der Waals surface area contributed by atoms with Crippen molar-refractivity contribution in [1.82, 2.24) is 10.2 Å². The number of ether oxygens (including phenoxy) is 1. The van der Waals surface area contributed by atoms with Crippen LogP contribution in [0.1, 0.15) is 38.7 Å². The highest BCUT2D eigenvalue weighted by Crippen LogP contribution is 2.16. The second-order valence-electron chi connectivity index (χ2n) is 10.6. The van der Waals surface area contributed by atoms with Crippen molar-refractivity contribution in [2.75, 3.05) is 48.8 Å². The summed E-state index contributed by atoms with van der Waals surface area (Å²) < 4.78 is 17.2. The lowest BCUT2D eigenvalue weighted by atomic mass is 10.1. The summed E-state index contributed by atoms with van der Waals surface area (Å²) in [5.41, 5.74) is 0.640. The number of carbonyl (C=O) groups excluding carboxylic acids is 3. The number of benzene rings is 2. The van der Waals surface area contributed by atoms with Crippen LogP contribution in [-0.4, -0.2) is 89.5 Å². The van der Waals surface area contributed by atoms with Gasteiger partial charge in [-0.3, -0.25) is 19.3 Å². The second kappa shape index (κ2) is 17.5. The third-order valence-electron chi connectivity index (χ3n) is 6.28. The second-order valence-corrected chi connectivity index (χ2v) is 10.6. The van der Waals surface area contributed by atoms with Crippen molar-refractivity contribution >= 4 is 46.8 Å². The van der Waals surface area contributed by atoms with Gasteiger partial charge in [0.1, 0.15) is 0 Å². The highest BCUT2D eigenvalue weighted by molar-refractivity contribution is 6.00. The Balaban J connectivity index is 0.000000860. The Bertz CT molecular complexity index is 1280. The van der Waals surface area contributed by atoms with E-state index in [-0.39, 0.29) is 37.1 Å². The molecule has 1 heterocycles. The summed E-state index contributed by atoms with van der Waals surface area (Å²) in [6.07, 6.45) is -0.315. The van der Waals surface area contributed by atoms with E-state index in [0.717, 1.165) is 19.4 Å². The van der Waals surface area contributed by atoms with Gasteiger partial charge in [0.25, 0.3) is 0 Å². The maximum atomic E-state index is 12.4. The number of para-hydroxylation sites is 1. The molecule has 1 aliphatic rings. The van der Waals surface area contributed by atoms with Crippen LogP contribution in [0.25, 0.3) is 0 Å². The number of nitrogens with zero attached hydrogens (tertiary/aromatic N) is 1. The normalized spacial score (nSPS) is 13.8. The summed E-state index contributed by atoms with van der Waals surface area (Å²) >= 11 is 0. The van der Waals surface area contributed by atoms with E-state index in [1.54, 1.807) is 24.3 Å². The molecule has 0 aromatic heterocycles. The molecule has 0 radical (unpaired) electrons. The Labute approximate surface area is 255 Å². The van der Waals surface area contributed by atoms with Gasteiger partial charge in [-0.15, -0.1) is 0 Å². The zero-order chi connectivity index (χ0) is 32.7. The van der Waals surface area contributed by atoms with Crippen molar-refractivity contribution in [3.63, 3.8) is 0 Å². The lowest BCUT2D eigenvalue weighted by Gasteiger charge is -2.30. The Morgan fingerprint density at radius 3 is 1.98 bits per heavy atom. The minimum atomic E-state index is -2.08. The first-order valence-electron chi connectivity index (χ1n) is 14.0. The van der Waals surface area contributed by atoms with Gasteiger partial charge in [0.15, 0.2) is 0 Å². The number of carboxylic acids is 2. The Kier molecular flexibility index (Phi) is 14.2. The van der Waals surface area contributed by atoms with Gasteiger partial charge in [0.2, 0.25) is 17.5 Å². The smallest absolute Gasteiger partial charge is 0.340 e. The lowest BCUT2D eigenvalue weighted by molar-refractivity contribution is -0.148. The summed E-state index contributed by atoms with van der Waals surface area (Å²) in [5, 5.41) is 28.0. The molecule has 0 spiro atoms. The fourth-order valence-corrected chi connectivity index (χ4v) is 3.85. The molecule has 4 amide bonds. The number of aryl methyl sites for hydroxylation is 1. The molecule has 240 valence electrons. The third kappa shape index (κ3) is 14.1. The van der Waals surface area contributed by atoms with Crippen molar-refractivity contribution in [3.8, 4) is 0 Å². The first-order valence-corrected chi connectivity index (χ1v) is 14.0. The molecule has 2 aromatic rings. The summed E-state index contributed by atoms with van der Waals surface area (Å²) in [6.45, 7) is 6.81. The van der Waals surface area contributed by atoms with Crippen molar-refractivity contribution in [2.45, 2.75) is 51.7 Å². The minimum absolute atomic E-state index is 0.0536. The van der Waals surface area contributed by atoms with Crippen LogP contribution in [0.15, 0.2) is 48.5 Å². The van der Waals surface area contributed by atoms with Crippen LogP contribution in [0.5, 0.6) is 0 Å². The van der Waals surface area contributed by atoms with Gasteiger partial charge in [-0.1, -0.05) is 18.2 Å². The van der Waals surface area contributed by atoms with Gasteiger partial charge in [0.05, 0.1) is 25.7 Å². The zero-order valence-electron chi connectivity index (χ0n) is 25.0. The molecular weight excluding hydrogens is 577 g/mol. The quantitative estimate of drug-likeness (QED) is 0.207. The molecule has 0 bridgehead atoms. The highest BCUT2D eigenvalue weighted by Gasteiger charge is 2.25. The van der Waals surface area contributed by atoms with E-state index >= 15 is 0 Å². The van der Waals surface area contributed by atoms with Crippen LogP contribution in [-0.2, 0) is 23.9 Å². The molecule has 1 saturated heterocycles. The number of nitrogens with one attached hydrogen (secondary N) is 4. The predicted molar refractivity (Wildman–Crippen MR) is 162 cm³/mol. The standard InChI is InChI=1S/C26H33N5O6.C4H7FO2/c1-18-4-2-3-5-22(18)30-26(36)29-20-8-6-19(7-9-20)27-23(32)10-11-24(33)28-21(16-25(34)35)17-31-12-14-37-15-13-31;1-4(2,5)3(6)7/h2-9,21H,10-17H2,1H3,(H,27,32)(H,28,33)(H,34,35)(H2,29,30,36);1-2H3,(H,6,7)/t21-;/m0./s1. The van der Waals surface area contributed by atoms with E-state index in [4.69, 9.17) is 14.9 Å². The fourth-order valence-electron chi connectivity index (χ4n) is 3.85. The number of halogens is 1. The van der Waals surface area contributed by atoms with E-state index in [0.29, 0.717) is 49.9 Å².